The highest BCUT2D eigenvalue weighted by atomic mass is 19.2. The average Bonchev–Trinajstić information content (AvgIpc) is 2.84. The van der Waals surface area contributed by atoms with Gasteiger partial charge in [0.05, 0.1) is 0 Å². The van der Waals surface area contributed by atoms with E-state index in [1.165, 1.54) is 6.07 Å². The van der Waals surface area contributed by atoms with Gasteiger partial charge in [-0.05, 0) is 58.3 Å². The van der Waals surface area contributed by atoms with E-state index in [1.807, 2.05) is 30.3 Å². The number of benzene rings is 4. The molecule has 0 spiro atoms. The lowest BCUT2D eigenvalue weighted by Crippen LogP contribution is -2.42. The van der Waals surface area contributed by atoms with E-state index >= 15 is 0 Å². The molecule has 7 heteroatoms. The van der Waals surface area contributed by atoms with Crippen molar-refractivity contribution in [1.82, 2.24) is 5.32 Å². The Balaban J connectivity index is 1.44. The Morgan fingerprint density at radius 3 is 2.29 bits per heavy atom. The van der Waals surface area contributed by atoms with Gasteiger partial charge in [-0.15, -0.1) is 0 Å². The number of nitrogens with one attached hydrogen (secondary N) is 1. The van der Waals surface area contributed by atoms with Gasteiger partial charge in [-0.1, -0.05) is 48.5 Å². The van der Waals surface area contributed by atoms with Crippen LogP contribution in [-0.4, -0.2) is 23.0 Å². The van der Waals surface area contributed by atoms with Crippen LogP contribution in [0.25, 0.3) is 10.8 Å². The molecule has 0 aliphatic heterocycles. The number of carbonyl (C=O) groups excluding carboxylic acids is 1. The lowest BCUT2D eigenvalue weighted by Gasteiger charge is -2.15. The third-order valence-electron chi connectivity index (χ3n) is 5.35. The maximum Gasteiger partial charge on any atom is 0.326 e. The number of carboxylic acids is 1. The number of aliphatic carboxylic acids is 1. The number of carboxylic acid groups (broad SMARTS) is 1. The second kappa shape index (κ2) is 10.1. The number of halogens is 2. The summed E-state index contributed by atoms with van der Waals surface area (Å²) in [5.41, 5.74) is 1.64. The first-order valence-corrected chi connectivity index (χ1v) is 10.6. The van der Waals surface area contributed by atoms with Gasteiger partial charge in [-0.3, -0.25) is 4.79 Å². The highest BCUT2D eigenvalue weighted by Gasteiger charge is 2.21. The Labute approximate surface area is 194 Å². The van der Waals surface area contributed by atoms with E-state index in [0.717, 1.165) is 28.5 Å². The molecule has 0 unspecified atom stereocenters. The molecule has 34 heavy (non-hydrogen) atoms. The van der Waals surface area contributed by atoms with Crippen molar-refractivity contribution in [2.45, 2.75) is 19.1 Å². The standard InChI is InChI=1S/C27H21F2NO4/c28-23-11-6-18(12-24(23)29)16-34-22-10-9-19-14-21(8-7-20(19)15-22)26(31)30-25(27(32)33)13-17-4-2-1-3-5-17/h1-12,14-15,25H,13,16H2,(H,30,31)(H,32,33)/t25-/m0/s1. The quantitative estimate of drug-likeness (QED) is 0.382. The maximum atomic E-state index is 13.4. The molecule has 4 aromatic carbocycles. The van der Waals surface area contributed by atoms with Gasteiger partial charge in [0.2, 0.25) is 0 Å². The smallest absolute Gasteiger partial charge is 0.326 e. The van der Waals surface area contributed by atoms with Crippen molar-refractivity contribution < 1.29 is 28.2 Å². The number of hydrogen-bond donors (Lipinski definition) is 2. The van der Waals surface area contributed by atoms with Crippen molar-refractivity contribution in [3.05, 3.63) is 113 Å². The van der Waals surface area contributed by atoms with Gasteiger partial charge in [-0.25, -0.2) is 13.6 Å². The molecule has 0 aliphatic carbocycles. The van der Waals surface area contributed by atoms with E-state index < -0.39 is 29.6 Å². The van der Waals surface area contributed by atoms with Crippen LogP contribution < -0.4 is 10.1 Å². The topological polar surface area (TPSA) is 75.6 Å². The molecule has 1 atom stereocenters. The monoisotopic (exact) mass is 461 g/mol. The second-order valence-electron chi connectivity index (χ2n) is 7.81. The van der Waals surface area contributed by atoms with E-state index in [-0.39, 0.29) is 13.0 Å². The zero-order valence-corrected chi connectivity index (χ0v) is 18.0. The molecule has 4 rings (SSSR count). The van der Waals surface area contributed by atoms with Crippen LogP contribution in [0.3, 0.4) is 0 Å². The van der Waals surface area contributed by atoms with Crippen LogP contribution in [0.4, 0.5) is 8.78 Å². The average molecular weight is 461 g/mol. The molecule has 0 aromatic heterocycles. The van der Waals surface area contributed by atoms with E-state index in [4.69, 9.17) is 4.74 Å². The molecular formula is C27H21F2NO4. The van der Waals surface area contributed by atoms with Crippen molar-refractivity contribution in [2.75, 3.05) is 0 Å². The van der Waals surface area contributed by atoms with Gasteiger partial charge < -0.3 is 15.2 Å². The highest BCUT2D eigenvalue weighted by molar-refractivity contribution is 6.00. The first-order chi connectivity index (χ1) is 16.4. The van der Waals surface area contributed by atoms with Gasteiger partial charge >= 0.3 is 5.97 Å². The van der Waals surface area contributed by atoms with Gasteiger partial charge in [0.1, 0.15) is 18.4 Å². The number of ether oxygens (including phenoxy) is 1. The SMILES string of the molecule is O=C(N[C@@H](Cc1ccccc1)C(=O)O)c1ccc2cc(OCc3ccc(F)c(F)c3)ccc2c1. The predicted molar refractivity (Wildman–Crippen MR) is 124 cm³/mol. The Morgan fingerprint density at radius 1 is 0.824 bits per heavy atom. The summed E-state index contributed by atoms with van der Waals surface area (Å²) in [6.07, 6.45) is 0.175. The summed E-state index contributed by atoms with van der Waals surface area (Å²) in [5.74, 6) is -2.91. The predicted octanol–water partition coefficient (Wildman–Crippen LogP) is 5.12. The van der Waals surface area contributed by atoms with E-state index in [2.05, 4.69) is 5.32 Å². The summed E-state index contributed by atoms with van der Waals surface area (Å²) in [6.45, 7) is 0.0706. The minimum absolute atomic E-state index is 0.0706. The molecule has 5 nitrogen and oxygen atoms in total. The third kappa shape index (κ3) is 5.56. The first kappa shape index (κ1) is 22.9. The summed E-state index contributed by atoms with van der Waals surface area (Å²) in [7, 11) is 0. The van der Waals surface area contributed by atoms with Gasteiger partial charge in [0.25, 0.3) is 5.91 Å². The van der Waals surface area contributed by atoms with Crippen molar-refractivity contribution >= 4 is 22.6 Å². The molecule has 0 heterocycles. The van der Waals surface area contributed by atoms with Crippen molar-refractivity contribution in [3.8, 4) is 5.75 Å². The van der Waals surface area contributed by atoms with Gasteiger partial charge in [0.15, 0.2) is 11.6 Å². The number of carbonyl (C=O) groups is 2. The minimum atomic E-state index is -1.11. The van der Waals surface area contributed by atoms with E-state index in [0.29, 0.717) is 16.9 Å². The molecule has 172 valence electrons. The molecule has 0 bridgehead atoms. The number of rotatable bonds is 8. The van der Waals surface area contributed by atoms with Crippen LogP contribution in [-0.2, 0) is 17.8 Å². The van der Waals surface area contributed by atoms with Crippen LogP contribution in [0.1, 0.15) is 21.5 Å². The fourth-order valence-electron chi connectivity index (χ4n) is 3.54. The number of amides is 1. The fraction of sp³-hybridized carbons (Fsp3) is 0.111. The third-order valence-corrected chi connectivity index (χ3v) is 5.35. The molecule has 0 fully saturated rings. The summed E-state index contributed by atoms with van der Waals surface area (Å²) in [6, 6.07) is 21.9. The van der Waals surface area contributed by atoms with Crippen LogP contribution in [0.2, 0.25) is 0 Å². The van der Waals surface area contributed by atoms with Crippen LogP contribution in [0, 0.1) is 11.6 Å². The molecule has 0 radical (unpaired) electrons. The van der Waals surface area contributed by atoms with Crippen LogP contribution >= 0.6 is 0 Å². The highest BCUT2D eigenvalue weighted by Crippen LogP contribution is 2.23. The summed E-state index contributed by atoms with van der Waals surface area (Å²) in [5, 5.41) is 13.7. The first-order valence-electron chi connectivity index (χ1n) is 10.6. The molecule has 1 amide bonds. The van der Waals surface area contributed by atoms with Gasteiger partial charge in [-0.2, -0.15) is 0 Å². The molecule has 0 saturated carbocycles. The zero-order chi connectivity index (χ0) is 24.1. The summed E-state index contributed by atoms with van der Waals surface area (Å²) in [4.78, 5) is 24.4. The fourth-order valence-corrected chi connectivity index (χ4v) is 3.54. The van der Waals surface area contributed by atoms with Gasteiger partial charge in [0, 0.05) is 12.0 Å². The Kier molecular flexibility index (Phi) is 6.82. The normalized spacial score (nSPS) is 11.7. The van der Waals surface area contributed by atoms with E-state index in [9.17, 15) is 23.5 Å². The number of hydrogen-bond acceptors (Lipinski definition) is 3. The Bertz CT molecular complexity index is 1340. The molecule has 0 saturated heterocycles. The zero-order valence-electron chi connectivity index (χ0n) is 18.0. The second-order valence-corrected chi connectivity index (χ2v) is 7.81. The van der Waals surface area contributed by atoms with Crippen molar-refractivity contribution in [1.29, 1.82) is 0 Å². The van der Waals surface area contributed by atoms with Crippen molar-refractivity contribution in [3.63, 3.8) is 0 Å². The maximum absolute atomic E-state index is 13.4. The summed E-state index contributed by atoms with van der Waals surface area (Å²) < 4.78 is 32.1. The molecule has 2 N–H and O–H groups in total. The molecule has 4 aromatic rings. The number of fused-ring (bicyclic) bond motifs is 1. The largest absolute Gasteiger partial charge is 0.489 e. The minimum Gasteiger partial charge on any atom is -0.489 e. The summed E-state index contributed by atoms with van der Waals surface area (Å²) >= 11 is 0. The Hall–Kier alpha value is -4.26. The van der Waals surface area contributed by atoms with Crippen molar-refractivity contribution in [2.24, 2.45) is 0 Å². The lowest BCUT2D eigenvalue weighted by atomic mass is 10.0. The lowest BCUT2D eigenvalue weighted by molar-refractivity contribution is -0.139. The van der Waals surface area contributed by atoms with Crippen LogP contribution in [0.5, 0.6) is 5.75 Å². The Morgan fingerprint density at radius 2 is 1.56 bits per heavy atom. The molecular weight excluding hydrogens is 440 g/mol. The van der Waals surface area contributed by atoms with Crippen LogP contribution in [0.15, 0.2) is 84.9 Å². The molecule has 0 aliphatic rings. The van der Waals surface area contributed by atoms with E-state index in [1.54, 1.807) is 36.4 Å².